The van der Waals surface area contributed by atoms with Crippen LogP contribution in [0, 0.1) is 5.41 Å². The smallest absolute Gasteiger partial charge is 0.0764 e. The van der Waals surface area contributed by atoms with Crippen molar-refractivity contribution in [3.05, 3.63) is 0 Å². The van der Waals surface area contributed by atoms with E-state index in [0.29, 0.717) is 6.54 Å². The summed E-state index contributed by atoms with van der Waals surface area (Å²) in [4.78, 5) is 0. The third kappa shape index (κ3) is 2.59. The van der Waals surface area contributed by atoms with Crippen LogP contribution >= 0.6 is 0 Å². The summed E-state index contributed by atoms with van der Waals surface area (Å²) in [6.07, 6.45) is 8.95. The highest BCUT2D eigenvalue weighted by atomic mass is 16.5. The monoisotopic (exact) mass is 255 g/mol. The number of aliphatic hydroxyl groups is 1. The minimum absolute atomic E-state index is 0.0736. The number of ether oxygens (including phenoxy) is 1. The maximum Gasteiger partial charge on any atom is 0.0764 e. The van der Waals surface area contributed by atoms with Gasteiger partial charge in [-0.1, -0.05) is 25.7 Å². The van der Waals surface area contributed by atoms with Gasteiger partial charge in [-0.15, -0.1) is 0 Å². The average molecular weight is 255 g/mol. The molecule has 0 amide bonds. The zero-order valence-electron chi connectivity index (χ0n) is 12.0. The Morgan fingerprint density at radius 1 is 1.06 bits per heavy atom. The van der Waals surface area contributed by atoms with Crippen LogP contribution in [0.5, 0.6) is 0 Å². The molecule has 18 heavy (non-hydrogen) atoms. The fourth-order valence-corrected chi connectivity index (χ4v) is 4.23. The Balaban J connectivity index is 2.23. The lowest BCUT2D eigenvalue weighted by atomic mass is 9.62. The molecule has 3 heteroatoms. The van der Waals surface area contributed by atoms with Crippen LogP contribution < -0.4 is 5.73 Å². The summed E-state index contributed by atoms with van der Waals surface area (Å²) in [5.74, 6) is 0. The maximum atomic E-state index is 11.3. The number of nitrogens with two attached hydrogens (primary N) is 1. The van der Waals surface area contributed by atoms with E-state index in [2.05, 4.69) is 13.8 Å². The highest BCUT2D eigenvalue weighted by Crippen LogP contribution is 2.49. The summed E-state index contributed by atoms with van der Waals surface area (Å²) in [5, 5.41) is 11.3. The van der Waals surface area contributed by atoms with Crippen molar-refractivity contribution in [2.75, 3.05) is 6.54 Å². The first-order chi connectivity index (χ1) is 8.51. The van der Waals surface area contributed by atoms with Gasteiger partial charge in [0, 0.05) is 24.8 Å². The summed E-state index contributed by atoms with van der Waals surface area (Å²) < 4.78 is 5.79. The van der Waals surface area contributed by atoms with Gasteiger partial charge in [-0.25, -0.2) is 0 Å². The highest BCUT2D eigenvalue weighted by molar-refractivity contribution is 5.03. The lowest BCUT2D eigenvalue weighted by Crippen LogP contribution is -2.58. The summed E-state index contributed by atoms with van der Waals surface area (Å²) >= 11 is 0. The molecule has 2 rings (SSSR count). The van der Waals surface area contributed by atoms with Crippen molar-refractivity contribution in [1.29, 1.82) is 0 Å². The fraction of sp³-hybridized carbons (Fsp3) is 1.00. The van der Waals surface area contributed by atoms with E-state index >= 15 is 0 Å². The first-order valence-corrected chi connectivity index (χ1v) is 7.59. The van der Waals surface area contributed by atoms with Gasteiger partial charge in [0.05, 0.1) is 17.8 Å². The second-order valence-electron chi connectivity index (χ2n) is 6.60. The van der Waals surface area contributed by atoms with Crippen molar-refractivity contribution in [2.45, 2.75) is 83.0 Å². The largest absolute Gasteiger partial charge is 0.389 e. The van der Waals surface area contributed by atoms with Gasteiger partial charge in [0.25, 0.3) is 0 Å². The van der Waals surface area contributed by atoms with Gasteiger partial charge in [0.2, 0.25) is 0 Å². The van der Waals surface area contributed by atoms with Gasteiger partial charge in [0.15, 0.2) is 0 Å². The molecule has 1 aliphatic carbocycles. The van der Waals surface area contributed by atoms with Crippen molar-refractivity contribution in [3.8, 4) is 0 Å². The molecule has 1 saturated carbocycles. The molecular formula is C15H29NO2. The zero-order valence-corrected chi connectivity index (χ0v) is 12.0. The van der Waals surface area contributed by atoms with Crippen LogP contribution in [-0.2, 0) is 4.74 Å². The summed E-state index contributed by atoms with van der Waals surface area (Å²) in [7, 11) is 0. The van der Waals surface area contributed by atoms with E-state index < -0.39 is 5.60 Å². The van der Waals surface area contributed by atoms with Gasteiger partial charge < -0.3 is 15.6 Å². The van der Waals surface area contributed by atoms with Crippen molar-refractivity contribution in [3.63, 3.8) is 0 Å². The van der Waals surface area contributed by atoms with Crippen molar-refractivity contribution < 1.29 is 9.84 Å². The topological polar surface area (TPSA) is 55.5 Å². The number of hydrogen-bond acceptors (Lipinski definition) is 3. The first kappa shape index (κ1) is 14.3. The van der Waals surface area contributed by atoms with E-state index in [1.807, 2.05) is 0 Å². The van der Waals surface area contributed by atoms with Gasteiger partial charge in [-0.2, -0.15) is 0 Å². The van der Waals surface area contributed by atoms with Crippen LogP contribution in [-0.4, -0.2) is 29.5 Å². The second-order valence-corrected chi connectivity index (χ2v) is 6.60. The first-order valence-electron chi connectivity index (χ1n) is 7.59. The normalized spacial score (nSPS) is 41.3. The molecule has 2 atom stereocenters. The summed E-state index contributed by atoms with van der Waals surface area (Å²) in [5.41, 5.74) is 5.42. The number of rotatable bonds is 2. The minimum Gasteiger partial charge on any atom is -0.389 e. The second kappa shape index (κ2) is 5.48. The molecule has 2 fully saturated rings. The van der Waals surface area contributed by atoms with Crippen LogP contribution in [0.15, 0.2) is 0 Å². The molecule has 1 heterocycles. The van der Waals surface area contributed by atoms with E-state index in [4.69, 9.17) is 10.5 Å². The standard InChI is InChI=1S/C15H29NO2/c1-12-9-15(17,10-13(2)18-12)14(11-16)7-5-3-4-6-8-14/h12-13,17H,3-11,16H2,1-2H3. The Labute approximate surface area is 111 Å². The van der Waals surface area contributed by atoms with Crippen LogP contribution in [0.3, 0.4) is 0 Å². The molecule has 1 aliphatic heterocycles. The van der Waals surface area contributed by atoms with E-state index in [1.54, 1.807) is 0 Å². The van der Waals surface area contributed by atoms with Gasteiger partial charge in [-0.05, 0) is 26.7 Å². The third-order valence-electron chi connectivity index (χ3n) is 5.15. The molecule has 0 aromatic heterocycles. The van der Waals surface area contributed by atoms with Crippen LogP contribution in [0.25, 0.3) is 0 Å². The zero-order chi connectivity index (χ0) is 13.2. The molecule has 106 valence electrons. The molecule has 3 N–H and O–H groups in total. The fourth-order valence-electron chi connectivity index (χ4n) is 4.23. The Hall–Kier alpha value is -0.120. The molecule has 2 aliphatic rings. The number of hydrogen-bond donors (Lipinski definition) is 2. The Bertz CT molecular complexity index is 262. The maximum absolute atomic E-state index is 11.3. The predicted molar refractivity (Wildman–Crippen MR) is 73.4 cm³/mol. The molecule has 0 aromatic carbocycles. The molecule has 0 aromatic rings. The van der Waals surface area contributed by atoms with Crippen molar-refractivity contribution in [2.24, 2.45) is 11.1 Å². The van der Waals surface area contributed by atoms with Gasteiger partial charge in [-0.3, -0.25) is 0 Å². The van der Waals surface area contributed by atoms with E-state index in [1.165, 1.54) is 25.7 Å². The predicted octanol–water partition coefficient (Wildman–Crippen LogP) is 2.60. The molecule has 0 radical (unpaired) electrons. The van der Waals surface area contributed by atoms with E-state index in [-0.39, 0.29) is 17.6 Å². The SMILES string of the molecule is CC1CC(O)(C2(CN)CCCCCC2)CC(C)O1. The quantitative estimate of drug-likeness (QED) is 0.746. The van der Waals surface area contributed by atoms with Crippen molar-refractivity contribution in [1.82, 2.24) is 0 Å². The molecule has 0 bridgehead atoms. The minimum atomic E-state index is -0.622. The third-order valence-corrected chi connectivity index (χ3v) is 5.15. The highest BCUT2D eigenvalue weighted by Gasteiger charge is 2.52. The van der Waals surface area contributed by atoms with Gasteiger partial charge >= 0.3 is 0 Å². The van der Waals surface area contributed by atoms with Crippen molar-refractivity contribution >= 4 is 0 Å². The molecule has 1 saturated heterocycles. The van der Waals surface area contributed by atoms with Gasteiger partial charge in [0.1, 0.15) is 0 Å². The summed E-state index contributed by atoms with van der Waals surface area (Å²) in [6, 6.07) is 0. The van der Waals surface area contributed by atoms with E-state index in [9.17, 15) is 5.11 Å². The molecule has 0 spiro atoms. The Morgan fingerprint density at radius 3 is 2.00 bits per heavy atom. The molecule has 3 nitrogen and oxygen atoms in total. The average Bonchev–Trinajstić information content (AvgIpc) is 2.53. The lowest BCUT2D eigenvalue weighted by Gasteiger charge is -2.51. The lowest BCUT2D eigenvalue weighted by molar-refractivity contribution is -0.188. The Morgan fingerprint density at radius 2 is 1.56 bits per heavy atom. The summed E-state index contributed by atoms with van der Waals surface area (Å²) in [6.45, 7) is 4.76. The molecule has 2 unspecified atom stereocenters. The molecular weight excluding hydrogens is 226 g/mol. The Kier molecular flexibility index (Phi) is 4.35. The van der Waals surface area contributed by atoms with Crippen LogP contribution in [0.2, 0.25) is 0 Å². The van der Waals surface area contributed by atoms with E-state index in [0.717, 1.165) is 25.7 Å². The van der Waals surface area contributed by atoms with Crippen LogP contribution in [0.4, 0.5) is 0 Å². The van der Waals surface area contributed by atoms with Crippen LogP contribution in [0.1, 0.15) is 65.2 Å².